The van der Waals surface area contributed by atoms with Crippen LogP contribution in [0.4, 0.5) is 11.4 Å². The van der Waals surface area contributed by atoms with Gasteiger partial charge in [0.1, 0.15) is 11.7 Å². The number of fused-ring (bicyclic) bond motifs is 1. The lowest BCUT2D eigenvalue weighted by Gasteiger charge is -2.27. The Hall–Kier alpha value is -3.51. The van der Waals surface area contributed by atoms with Crippen molar-refractivity contribution in [3.05, 3.63) is 105 Å². The van der Waals surface area contributed by atoms with Gasteiger partial charge in [-0.25, -0.2) is 0 Å². The Labute approximate surface area is 181 Å². The number of carbonyl (C=O) groups excluding carboxylic acids is 1. The molecule has 3 aromatic carbocycles. The number of anilines is 1. The third-order valence-electron chi connectivity index (χ3n) is 5.89. The third kappa shape index (κ3) is 4.64. The molecule has 1 amide bonds. The van der Waals surface area contributed by atoms with E-state index in [2.05, 4.69) is 28.8 Å². The van der Waals surface area contributed by atoms with Crippen molar-refractivity contribution in [3.8, 4) is 0 Å². The zero-order valence-electron chi connectivity index (χ0n) is 17.5. The van der Waals surface area contributed by atoms with Crippen molar-refractivity contribution in [2.75, 3.05) is 5.32 Å². The van der Waals surface area contributed by atoms with E-state index in [0.717, 1.165) is 30.4 Å². The fraction of sp³-hybridized carbons (Fsp3) is 0.240. The summed E-state index contributed by atoms with van der Waals surface area (Å²) in [6, 6.07) is 22.5. The van der Waals surface area contributed by atoms with Crippen molar-refractivity contribution >= 4 is 17.3 Å². The number of quaternary nitrogens is 1. The van der Waals surface area contributed by atoms with Gasteiger partial charge in [0.15, 0.2) is 6.04 Å². The largest absolute Gasteiger partial charge is 0.326 e. The van der Waals surface area contributed by atoms with Gasteiger partial charge in [-0.1, -0.05) is 60.7 Å². The molecule has 0 fully saturated rings. The van der Waals surface area contributed by atoms with Crippen molar-refractivity contribution in [3.63, 3.8) is 0 Å². The molecule has 3 aromatic rings. The van der Waals surface area contributed by atoms with E-state index in [0.29, 0.717) is 0 Å². The van der Waals surface area contributed by atoms with Gasteiger partial charge >= 0.3 is 0 Å². The number of benzene rings is 3. The van der Waals surface area contributed by atoms with Gasteiger partial charge in [-0.2, -0.15) is 0 Å². The number of hydrogen-bond acceptors (Lipinski definition) is 3. The van der Waals surface area contributed by atoms with Gasteiger partial charge in [0.25, 0.3) is 11.6 Å². The third-order valence-corrected chi connectivity index (χ3v) is 5.89. The number of carbonyl (C=O) groups is 1. The predicted molar refractivity (Wildman–Crippen MR) is 120 cm³/mol. The van der Waals surface area contributed by atoms with Gasteiger partial charge in [-0.05, 0) is 37.0 Å². The van der Waals surface area contributed by atoms with Crippen LogP contribution in [0.25, 0.3) is 0 Å². The summed E-state index contributed by atoms with van der Waals surface area (Å²) in [5.74, 6) is -0.263. The van der Waals surface area contributed by atoms with Crippen molar-refractivity contribution in [1.82, 2.24) is 0 Å². The second kappa shape index (κ2) is 9.10. The number of nitrogens with two attached hydrogens (primary N) is 1. The molecule has 0 bridgehead atoms. The SMILES string of the molecule is Cc1ccc(NC(=O)[C@@H]([NH2+][C@@H]2CCCc3ccccc32)c2ccccc2)c([N+](=O)[O-])c1. The minimum absolute atomic E-state index is 0.0943. The molecular formula is C25H26N3O3+. The molecule has 0 aromatic heterocycles. The van der Waals surface area contributed by atoms with Gasteiger partial charge in [0.05, 0.1) is 4.92 Å². The predicted octanol–water partition coefficient (Wildman–Crippen LogP) is 4.22. The second-order valence-corrected chi connectivity index (χ2v) is 8.05. The normalized spacial score (nSPS) is 16.2. The minimum atomic E-state index is -0.515. The number of amides is 1. The lowest BCUT2D eigenvalue weighted by atomic mass is 9.87. The van der Waals surface area contributed by atoms with Crippen LogP contribution < -0.4 is 10.6 Å². The molecule has 0 saturated heterocycles. The summed E-state index contributed by atoms with van der Waals surface area (Å²) >= 11 is 0. The maximum atomic E-state index is 13.4. The first-order valence-electron chi connectivity index (χ1n) is 10.6. The highest BCUT2D eigenvalue weighted by atomic mass is 16.6. The van der Waals surface area contributed by atoms with Crippen molar-refractivity contribution in [2.24, 2.45) is 0 Å². The first kappa shape index (κ1) is 20.8. The zero-order valence-corrected chi connectivity index (χ0v) is 17.5. The van der Waals surface area contributed by atoms with Crippen molar-refractivity contribution in [1.29, 1.82) is 0 Å². The molecule has 0 unspecified atom stereocenters. The Balaban J connectivity index is 1.64. The second-order valence-electron chi connectivity index (χ2n) is 8.05. The maximum Gasteiger partial charge on any atom is 0.293 e. The van der Waals surface area contributed by atoms with Gasteiger partial charge in [0.2, 0.25) is 0 Å². The highest BCUT2D eigenvalue weighted by Crippen LogP contribution is 2.29. The van der Waals surface area contributed by atoms with Crippen LogP contribution in [-0.2, 0) is 11.2 Å². The molecule has 0 aliphatic heterocycles. The maximum absolute atomic E-state index is 13.4. The smallest absolute Gasteiger partial charge is 0.293 e. The highest BCUT2D eigenvalue weighted by Gasteiger charge is 2.32. The van der Waals surface area contributed by atoms with Crippen LogP contribution in [0.5, 0.6) is 0 Å². The zero-order chi connectivity index (χ0) is 21.8. The van der Waals surface area contributed by atoms with E-state index in [1.54, 1.807) is 19.1 Å². The molecule has 6 nitrogen and oxygen atoms in total. The van der Waals surface area contributed by atoms with E-state index in [9.17, 15) is 14.9 Å². The lowest BCUT2D eigenvalue weighted by molar-refractivity contribution is -0.723. The number of nitro groups is 1. The quantitative estimate of drug-likeness (QED) is 0.466. The summed E-state index contributed by atoms with van der Waals surface area (Å²) in [6.07, 6.45) is 3.11. The van der Waals surface area contributed by atoms with Crippen LogP contribution in [0, 0.1) is 17.0 Å². The number of nitro benzene ring substituents is 1. The van der Waals surface area contributed by atoms with Crippen molar-refractivity contribution in [2.45, 2.75) is 38.3 Å². The van der Waals surface area contributed by atoms with Gasteiger partial charge in [0, 0.05) is 23.6 Å². The lowest BCUT2D eigenvalue weighted by Crippen LogP contribution is -2.88. The number of nitrogens with one attached hydrogen (secondary N) is 1. The molecule has 3 N–H and O–H groups in total. The van der Waals surface area contributed by atoms with E-state index in [1.807, 2.05) is 36.4 Å². The van der Waals surface area contributed by atoms with E-state index in [-0.39, 0.29) is 23.3 Å². The van der Waals surface area contributed by atoms with Gasteiger partial charge in [-0.15, -0.1) is 0 Å². The summed E-state index contributed by atoms with van der Waals surface area (Å²) in [4.78, 5) is 24.4. The average molecular weight is 417 g/mol. The van der Waals surface area contributed by atoms with Crippen LogP contribution in [0.15, 0.2) is 72.8 Å². The fourth-order valence-electron chi connectivity index (χ4n) is 4.34. The molecule has 1 aliphatic rings. The molecule has 31 heavy (non-hydrogen) atoms. The monoisotopic (exact) mass is 416 g/mol. The first-order chi connectivity index (χ1) is 15.0. The number of hydrogen-bond donors (Lipinski definition) is 2. The number of rotatable bonds is 6. The Bertz CT molecular complexity index is 1100. The first-order valence-corrected chi connectivity index (χ1v) is 10.6. The standard InChI is InChI=1S/C25H25N3O3/c1-17-14-15-22(23(16-17)28(30)31)27-25(29)24(19-9-3-2-4-10-19)26-21-13-7-11-18-8-5-6-12-20(18)21/h2-6,8-10,12,14-16,21,24,26H,7,11,13H2,1H3,(H,27,29)/p+1/t21-,24+/m1/s1. The Kier molecular flexibility index (Phi) is 6.09. The van der Waals surface area contributed by atoms with Crippen LogP contribution in [0.2, 0.25) is 0 Å². The topological polar surface area (TPSA) is 88.8 Å². The molecule has 0 radical (unpaired) electrons. The minimum Gasteiger partial charge on any atom is -0.326 e. The average Bonchev–Trinajstić information content (AvgIpc) is 2.79. The summed E-state index contributed by atoms with van der Waals surface area (Å²) in [7, 11) is 0. The molecule has 1 aliphatic carbocycles. The van der Waals surface area contributed by atoms with Gasteiger partial charge < -0.3 is 10.6 Å². The molecular weight excluding hydrogens is 390 g/mol. The van der Waals surface area contributed by atoms with Crippen LogP contribution >= 0.6 is 0 Å². The number of aryl methyl sites for hydroxylation is 2. The Morgan fingerprint density at radius 2 is 1.84 bits per heavy atom. The molecule has 158 valence electrons. The van der Waals surface area contributed by atoms with E-state index in [1.165, 1.54) is 17.2 Å². The van der Waals surface area contributed by atoms with E-state index in [4.69, 9.17) is 0 Å². The van der Waals surface area contributed by atoms with Crippen molar-refractivity contribution < 1.29 is 15.0 Å². The molecule has 0 saturated carbocycles. The van der Waals surface area contributed by atoms with E-state index >= 15 is 0 Å². The summed E-state index contributed by atoms with van der Waals surface area (Å²) in [5, 5.41) is 16.4. The molecule has 0 spiro atoms. The Morgan fingerprint density at radius 1 is 1.10 bits per heavy atom. The van der Waals surface area contributed by atoms with Crippen LogP contribution in [-0.4, -0.2) is 10.8 Å². The summed E-state index contributed by atoms with van der Waals surface area (Å²) in [5.41, 5.74) is 4.37. The highest BCUT2D eigenvalue weighted by molar-refractivity contribution is 5.96. The summed E-state index contributed by atoms with van der Waals surface area (Å²) < 4.78 is 0. The fourth-order valence-corrected chi connectivity index (χ4v) is 4.34. The van der Waals surface area contributed by atoms with E-state index < -0.39 is 11.0 Å². The molecule has 6 heteroatoms. The molecule has 0 heterocycles. The molecule has 2 atom stereocenters. The molecule has 4 rings (SSSR count). The van der Waals surface area contributed by atoms with Gasteiger partial charge in [-0.3, -0.25) is 14.9 Å². The van der Waals surface area contributed by atoms with Crippen LogP contribution in [0.3, 0.4) is 0 Å². The number of nitrogens with zero attached hydrogens (tertiary/aromatic N) is 1. The van der Waals surface area contributed by atoms with Crippen LogP contribution in [0.1, 0.15) is 47.2 Å². The Morgan fingerprint density at radius 3 is 2.61 bits per heavy atom. The summed E-state index contributed by atoms with van der Waals surface area (Å²) in [6.45, 7) is 1.79.